The molecule has 2 amide bonds. The first kappa shape index (κ1) is 15.0. The van der Waals surface area contributed by atoms with Crippen LogP contribution in [0.15, 0.2) is 0 Å². The topological polar surface area (TPSA) is 109 Å². The minimum atomic E-state index is -1.24. The molecule has 0 aromatic rings. The van der Waals surface area contributed by atoms with E-state index in [1.807, 2.05) is 0 Å². The van der Waals surface area contributed by atoms with Crippen LogP contribution in [0.4, 0.5) is 0 Å². The summed E-state index contributed by atoms with van der Waals surface area (Å²) in [4.78, 5) is 31.4. The average molecular weight is 271 g/mol. The summed E-state index contributed by atoms with van der Waals surface area (Å²) in [5, 5.41) is 10.9. The number of primary amides is 1. The molecule has 0 unspecified atom stereocenters. The summed E-state index contributed by atoms with van der Waals surface area (Å²) in [7, 11) is 0. The highest BCUT2D eigenvalue weighted by Gasteiger charge is 2.21. The molecule has 0 heterocycles. The monoisotopic (exact) mass is 270 g/mol. The highest BCUT2D eigenvalue weighted by atomic mass is 35.5. The second-order valence-corrected chi connectivity index (χ2v) is 4.34. The molecule has 0 fully saturated rings. The first-order chi connectivity index (χ1) is 7.32. The van der Waals surface area contributed by atoms with Crippen molar-refractivity contribution >= 4 is 41.0 Å². The smallest absolute Gasteiger partial charge is 0.326 e. The van der Waals surface area contributed by atoms with Crippen molar-refractivity contribution in [1.82, 2.24) is 5.32 Å². The SMILES string of the molecule is NC(=O)CC[C@H](NC(=O)CC(Cl)Cl)C(=O)O. The van der Waals surface area contributed by atoms with E-state index < -0.39 is 28.7 Å². The van der Waals surface area contributed by atoms with Gasteiger partial charge in [0.15, 0.2) is 0 Å². The van der Waals surface area contributed by atoms with E-state index in [0.717, 1.165) is 0 Å². The fourth-order valence-electron chi connectivity index (χ4n) is 0.937. The molecule has 0 rings (SSSR count). The third-order valence-corrected chi connectivity index (χ3v) is 1.96. The molecule has 92 valence electrons. The maximum Gasteiger partial charge on any atom is 0.326 e. The number of carbonyl (C=O) groups is 3. The molecule has 0 aliphatic carbocycles. The fraction of sp³-hybridized carbons (Fsp3) is 0.625. The lowest BCUT2D eigenvalue weighted by atomic mass is 10.1. The Bertz CT molecular complexity index is 283. The number of hydrogen-bond donors (Lipinski definition) is 3. The van der Waals surface area contributed by atoms with E-state index in [4.69, 9.17) is 34.0 Å². The van der Waals surface area contributed by atoms with Crippen LogP contribution in [0.3, 0.4) is 0 Å². The first-order valence-corrected chi connectivity index (χ1v) is 5.28. The number of alkyl halides is 2. The van der Waals surface area contributed by atoms with Gasteiger partial charge in [-0.25, -0.2) is 4.79 Å². The van der Waals surface area contributed by atoms with Crippen LogP contribution in [0.25, 0.3) is 0 Å². The molecular formula is C8H12Cl2N2O4. The standard InChI is InChI=1S/C8H12Cl2N2O4/c9-5(10)3-7(14)12-4(8(15)16)1-2-6(11)13/h4-5H,1-3H2,(H2,11,13)(H,12,14)(H,15,16)/t4-/m0/s1. The zero-order valence-corrected chi connectivity index (χ0v) is 9.79. The lowest BCUT2D eigenvalue weighted by molar-refractivity contribution is -0.142. The molecule has 4 N–H and O–H groups in total. The third kappa shape index (κ3) is 7.30. The van der Waals surface area contributed by atoms with Gasteiger partial charge in [-0.1, -0.05) is 0 Å². The van der Waals surface area contributed by atoms with Crippen molar-refractivity contribution < 1.29 is 19.5 Å². The number of carbonyl (C=O) groups excluding carboxylic acids is 2. The number of aliphatic carboxylic acids is 1. The van der Waals surface area contributed by atoms with Crippen LogP contribution in [0.1, 0.15) is 19.3 Å². The molecule has 0 saturated heterocycles. The van der Waals surface area contributed by atoms with E-state index in [9.17, 15) is 14.4 Å². The third-order valence-electron chi connectivity index (χ3n) is 1.65. The fourth-order valence-corrected chi connectivity index (χ4v) is 1.22. The lowest BCUT2D eigenvalue weighted by Crippen LogP contribution is -2.41. The average Bonchev–Trinajstić information content (AvgIpc) is 2.09. The van der Waals surface area contributed by atoms with E-state index >= 15 is 0 Å². The quantitative estimate of drug-likeness (QED) is 0.567. The van der Waals surface area contributed by atoms with Crippen LogP contribution in [-0.4, -0.2) is 33.8 Å². The summed E-state index contributed by atoms with van der Waals surface area (Å²) in [5.74, 6) is -2.46. The zero-order valence-electron chi connectivity index (χ0n) is 8.28. The normalized spacial score (nSPS) is 12.2. The molecule has 1 atom stereocenters. The molecule has 0 aliphatic rings. The number of nitrogens with one attached hydrogen (secondary N) is 1. The molecule has 0 bridgehead atoms. The van der Waals surface area contributed by atoms with Gasteiger partial charge in [0, 0.05) is 6.42 Å². The van der Waals surface area contributed by atoms with Gasteiger partial charge in [0.2, 0.25) is 11.8 Å². The molecule has 16 heavy (non-hydrogen) atoms. The molecule has 0 aliphatic heterocycles. The van der Waals surface area contributed by atoms with Gasteiger partial charge in [0.25, 0.3) is 0 Å². The molecule has 8 heteroatoms. The maximum absolute atomic E-state index is 11.2. The molecule has 0 aromatic heterocycles. The first-order valence-electron chi connectivity index (χ1n) is 4.41. The Hall–Kier alpha value is -1.01. The van der Waals surface area contributed by atoms with Gasteiger partial charge in [-0.2, -0.15) is 0 Å². The summed E-state index contributed by atoms with van der Waals surface area (Å²) in [6.07, 6.45) is -0.391. The van der Waals surface area contributed by atoms with E-state index in [-0.39, 0.29) is 19.3 Å². The largest absolute Gasteiger partial charge is 0.480 e. The second-order valence-electron chi connectivity index (χ2n) is 3.06. The van der Waals surface area contributed by atoms with Crippen LogP contribution >= 0.6 is 23.2 Å². The number of halogens is 2. The molecule has 0 spiro atoms. The lowest BCUT2D eigenvalue weighted by Gasteiger charge is -2.13. The zero-order chi connectivity index (χ0) is 12.7. The van der Waals surface area contributed by atoms with E-state index in [1.165, 1.54) is 0 Å². The van der Waals surface area contributed by atoms with Gasteiger partial charge in [0.05, 0.1) is 6.42 Å². The van der Waals surface area contributed by atoms with Gasteiger partial charge in [-0.05, 0) is 6.42 Å². The van der Waals surface area contributed by atoms with Crippen molar-refractivity contribution in [3.63, 3.8) is 0 Å². The predicted molar refractivity (Wildman–Crippen MR) is 58.1 cm³/mol. The number of carboxylic acid groups (broad SMARTS) is 1. The highest BCUT2D eigenvalue weighted by molar-refractivity contribution is 6.45. The van der Waals surface area contributed by atoms with E-state index in [0.29, 0.717) is 0 Å². The summed E-state index contributed by atoms with van der Waals surface area (Å²) in [6.45, 7) is 0. The van der Waals surface area contributed by atoms with Gasteiger partial charge in [0.1, 0.15) is 10.9 Å². The number of hydrogen-bond acceptors (Lipinski definition) is 3. The van der Waals surface area contributed by atoms with E-state index in [2.05, 4.69) is 5.32 Å². The minimum absolute atomic E-state index is 0.0638. The number of amides is 2. The Morgan fingerprint density at radius 3 is 2.25 bits per heavy atom. The molecular weight excluding hydrogens is 259 g/mol. The maximum atomic E-state index is 11.2. The summed E-state index contributed by atoms with van der Waals surface area (Å²) < 4.78 is 0. The Morgan fingerprint density at radius 2 is 1.88 bits per heavy atom. The van der Waals surface area contributed by atoms with Crippen molar-refractivity contribution in [2.75, 3.05) is 0 Å². The predicted octanol–water partition coefficient (Wildman–Crippen LogP) is 0.0151. The summed E-state index contributed by atoms with van der Waals surface area (Å²) in [5.41, 5.74) is 4.87. The Balaban J connectivity index is 4.17. The number of carboxylic acids is 1. The van der Waals surface area contributed by atoms with Gasteiger partial charge in [-0.15, -0.1) is 23.2 Å². The van der Waals surface area contributed by atoms with Crippen LogP contribution < -0.4 is 11.1 Å². The van der Waals surface area contributed by atoms with Crippen molar-refractivity contribution in [2.45, 2.75) is 30.1 Å². The Labute approximate surface area is 102 Å². The van der Waals surface area contributed by atoms with E-state index in [1.54, 1.807) is 0 Å². The Kier molecular flexibility index (Phi) is 6.83. The van der Waals surface area contributed by atoms with Crippen molar-refractivity contribution in [3.05, 3.63) is 0 Å². The highest BCUT2D eigenvalue weighted by Crippen LogP contribution is 2.07. The van der Waals surface area contributed by atoms with Crippen molar-refractivity contribution in [2.24, 2.45) is 5.73 Å². The number of rotatable bonds is 7. The summed E-state index contributed by atoms with van der Waals surface area (Å²) in [6, 6.07) is -1.16. The number of nitrogens with two attached hydrogens (primary N) is 1. The van der Waals surface area contributed by atoms with Crippen LogP contribution in [0.5, 0.6) is 0 Å². The van der Waals surface area contributed by atoms with Crippen LogP contribution in [-0.2, 0) is 14.4 Å². The van der Waals surface area contributed by atoms with Gasteiger partial charge in [-0.3, -0.25) is 9.59 Å². The van der Waals surface area contributed by atoms with Crippen molar-refractivity contribution in [3.8, 4) is 0 Å². The Morgan fingerprint density at radius 1 is 1.31 bits per heavy atom. The molecule has 0 aromatic carbocycles. The molecule has 0 saturated carbocycles. The van der Waals surface area contributed by atoms with Crippen molar-refractivity contribution in [1.29, 1.82) is 0 Å². The van der Waals surface area contributed by atoms with Crippen LogP contribution in [0.2, 0.25) is 0 Å². The molecule has 6 nitrogen and oxygen atoms in total. The van der Waals surface area contributed by atoms with Gasteiger partial charge >= 0.3 is 5.97 Å². The summed E-state index contributed by atoms with van der Waals surface area (Å²) >= 11 is 10.7. The van der Waals surface area contributed by atoms with Crippen LogP contribution in [0, 0.1) is 0 Å². The molecule has 0 radical (unpaired) electrons. The minimum Gasteiger partial charge on any atom is -0.480 e. The van der Waals surface area contributed by atoms with Gasteiger partial charge < -0.3 is 16.2 Å². The second kappa shape index (κ2) is 7.29.